The van der Waals surface area contributed by atoms with Gasteiger partial charge in [-0.2, -0.15) is 0 Å². The molecule has 1 N–H and O–H groups in total. The van der Waals surface area contributed by atoms with Crippen LogP contribution in [0.25, 0.3) is 21.8 Å². The number of nitrogens with one attached hydrogen (secondary N) is 1. The summed E-state index contributed by atoms with van der Waals surface area (Å²) in [6.45, 7) is 4.40. The SMILES string of the molecule is CCC(C)c1nc2c(ccc3ccccc32)[nH]1. The molecule has 0 saturated heterocycles. The lowest BCUT2D eigenvalue weighted by atomic mass is 10.1. The summed E-state index contributed by atoms with van der Waals surface area (Å²) in [4.78, 5) is 8.18. The molecule has 2 heteroatoms. The number of aromatic amines is 1. The predicted octanol–water partition coefficient (Wildman–Crippen LogP) is 4.23. The van der Waals surface area contributed by atoms with E-state index in [1.165, 1.54) is 10.8 Å². The highest BCUT2D eigenvalue weighted by Crippen LogP contribution is 2.26. The molecule has 86 valence electrons. The highest BCUT2D eigenvalue weighted by Gasteiger charge is 2.10. The van der Waals surface area contributed by atoms with Gasteiger partial charge in [0, 0.05) is 11.3 Å². The molecule has 1 heterocycles. The van der Waals surface area contributed by atoms with E-state index in [1.54, 1.807) is 0 Å². The van der Waals surface area contributed by atoms with E-state index in [4.69, 9.17) is 4.98 Å². The molecule has 17 heavy (non-hydrogen) atoms. The first-order valence-electron chi connectivity index (χ1n) is 6.17. The van der Waals surface area contributed by atoms with Crippen molar-refractivity contribution in [2.75, 3.05) is 0 Å². The fourth-order valence-electron chi connectivity index (χ4n) is 2.19. The van der Waals surface area contributed by atoms with Gasteiger partial charge in [-0.1, -0.05) is 44.2 Å². The van der Waals surface area contributed by atoms with Gasteiger partial charge in [0.2, 0.25) is 0 Å². The largest absolute Gasteiger partial charge is 0.342 e. The summed E-state index contributed by atoms with van der Waals surface area (Å²) >= 11 is 0. The first-order chi connectivity index (χ1) is 8.29. The van der Waals surface area contributed by atoms with Crippen LogP contribution < -0.4 is 0 Å². The predicted molar refractivity (Wildman–Crippen MR) is 72.3 cm³/mol. The maximum Gasteiger partial charge on any atom is 0.110 e. The smallest absolute Gasteiger partial charge is 0.110 e. The van der Waals surface area contributed by atoms with E-state index in [-0.39, 0.29) is 0 Å². The molecule has 2 nitrogen and oxygen atoms in total. The van der Waals surface area contributed by atoms with Gasteiger partial charge in [0.15, 0.2) is 0 Å². The Bertz CT molecular complexity index is 667. The van der Waals surface area contributed by atoms with Crippen LogP contribution in [0.15, 0.2) is 36.4 Å². The zero-order chi connectivity index (χ0) is 11.8. The molecule has 0 aliphatic carbocycles. The number of benzene rings is 2. The third-order valence-electron chi connectivity index (χ3n) is 3.47. The minimum Gasteiger partial charge on any atom is -0.342 e. The van der Waals surface area contributed by atoms with Crippen molar-refractivity contribution in [1.82, 2.24) is 9.97 Å². The average molecular weight is 224 g/mol. The number of fused-ring (bicyclic) bond motifs is 3. The first-order valence-corrected chi connectivity index (χ1v) is 6.17. The molecule has 0 aliphatic heterocycles. The molecule has 2 aromatic carbocycles. The summed E-state index contributed by atoms with van der Waals surface area (Å²) in [5, 5.41) is 2.48. The second-order valence-electron chi connectivity index (χ2n) is 4.61. The minimum atomic E-state index is 0.487. The van der Waals surface area contributed by atoms with Gasteiger partial charge < -0.3 is 4.98 Å². The molecule has 0 spiro atoms. The van der Waals surface area contributed by atoms with E-state index >= 15 is 0 Å². The molecule has 1 aromatic heterocycles. The molecule has 0 amide bonds. The molecule has 3 rings (SSSR count). The van der Waals surface area contributed by atoms with Gasteiger partial charge >= 0.3 is 0 Å². The quantitative estimate of drug-likeness (QED) is 0.693. The van der Waals surface area contributed by atoms with E-state index in [9.17, 15) is 0 Å². The van der Waals surface area contributed by atoms with E-state index < -0.39 is 0 Å². The molecule has 0 radical (unpaired) electrons. The Labute approximate surface area is 101 Å². The van der Waals surface area contributed by atoms with Crippen LogP contribution in [0, 0.1) is 0 Å². The highest BCUT2D eigenvalue weighted by molar-refractivity contribution is 6.04. The van der Waals surface area contributed by atoms with Crippen LogP contribution in [0.4, 0.5) is 0 Å². The number of nitrogens with zero attached hydrogens (tertiary/aromatic N) is 1. The van der Waals surface area contributed by atoms with Gasteiger partial charge in [-0.3, -0.25) is 0 Å². The summed E-state index contributed by atoms with van der Waals surface area (Å²) in [6, 6.07) is 12.7. The van der Waals surface area contributed by atoms with Crippen molar-refractivity contribution < 1.29 is 0 Å². The Morgan fingerprint density at radius 3 is 2.82 bits per heavy atom. The van der Waals surface area contributed by atoms with E-state index in [0.717, 1.165) is 23.3 Å². The number of imidazole rings is 1. The van der Waals surface area contributed by atoms with Crippen molar-refractivity contribution in [3.8, 4) is 0 Å². The Balaban J connectivity index is 2.31. The number of hydrogen-bond donors (Lipinski definition) is 1. The van der Waals surface area contributed by atoms with Gasteiger partial charge in [-0.15, -0.1) is 0 Å². The summed E-state index contributed by atoms with van der Waals surface area (Å²) < 4.78 is 0. The molecule has 0 aliphatic rings. The summed E-state index contributed by atoms with van der Waals surface area (Å²) in [7, 11) is 0. The van der Waals surface area contributed by atoms with Crippen LogP contribution in [-0.4, -0.2) is 9.97 Å². The number of hydrogen-bond acceptors (Lipinski definition) is 1. The second kappa shape index (κ2) is 3.88. The molecule has 0 bridgehead atoms. The Hall–Kier alpha value is -1.83. The zero-order valence-corrected chi connectivity index (χ0v) is 10.2. The fourth-order valence-corrected chi connectivity index (χ4v) is 2.19. The minimum absolute atomic E-state index is 0.487. The Morgan fingerprint density at radius 1 is 1.18 bits per heavy atom. The number of aromatic nitrogens is 2. The maximum atomic E-state index is 4.76. The molecular weight excluding hydrogens is 208 g/mol. The monoisotopic (exact) mass is 224 g/mol. The Morgan fingerprint density at radius 2 is 2.00 bits per heavy atom. The zero-order valence-electron chi connectivity index (χ0n) is 10.2. The van der Waals surface area contributed by atoms with Crippen molar-refractivity contribution in [3.05, 3.63) is 42.2 Å². The van der Waals surface area contributed by atoms with E-state index in [0.29, 0.717) is 5.92 Å². The van der Waals surface area contributed by atoms with Gasteiger partial charge in [0.1, 0.15) is 5.82 Å². The molecular formula is C15H16N2. The lowest BCUT2D eigenvalue weighted by Gasteiger charge is -2.01. The van der Waals surface area contributed by atoms with Crippen molar-refractivity contribution in [2.24, 2.45) is 0 Å². The third kappa shape index (κ3) is 1.60. The highest BCUT2D eigenvalue weighted by atomic mass is 14.9. The van der Waals surface area contributed by atoms with Crippen molar-refractivity contribution in [2.45, 2.75) is 26.2 Å². The fraction of sp³-hybridized carbons (Fsp3) is 0.267. The summed E-state index contributed by atoms with van der Waals surface area (Å²) in [5.74, 6) is 1.58. The van der Waals surface area contributed by atoms with Crippen LogP contribution >= 0.6 is 0 Å². The third-order valence-corrected chi connectivity index (χ3v) is 3.47. The van der Waals surface area contributed by atoms with Gasteiger partial charge in [-0.05, 0) is 17.9 Å². The van der Waals surface area contributed by atoms with E-state index in [2.05, 4.69) is 55.2 Å². The second-order valence-corrected chi connectivity index (χ2v) is 4.61. The van der Waals surface area contributed by atoms with Crippen LogP contribution in [0.5, 0.6) is 0 Å². The maximum absolute atomic E-state index is 4.76. The first kappa shape index (κ1) is 10.3. The van der Waals surface area contributed by atoms with Crippen LogP contribution in [0.2, 0.25) is 0 Å². The van der Waals surface area contributed by atoms with Crippen LogP contribution in [0.3, 0.4) is 0 Å². The number of H-pyrrole nitrogens is 1. The normalized spacial score (nSPS) is 13.3. The average Bonchev–Trinajstić information content (AvgIpc) is 2.82. The summed E-state index contributed by atoms with van der Waals surface area (Å²) in [6.07, 6.45) is 1.11. The molecule has 0 saturated carbocycles. The summed E-state index contributed by atoms with van der Waals surface area (Å²) in [5.41, 5.74) is 2.23. The van der Waals surface area contributed by atoms with Crippen molar-refractivity contribution in [1.29, 1.82) is 0 Å². The van der Waals surface area contributed by atoms with Gasteiger partial charge in [0.25, 0.3) is 0 Å². The topological polar surface area (TPSA) is 28.7 Å². The lowest BCUT2D eigenvalue weighted by molar-refractivity contribution is 0.692. The molecule has 1 unspecified atom stereocenters. The molecule has 3 aromatic rings. The standard InChI is InChI=1S/C15H16N2/c1-3-10(2)15-16-13-9-8-11-6-4-5-7-12(11)14(13)17-15/h4-10H,3H2,1-2H3,(H,16,17). The van der Waals surface area contributed by atoms with Gasteiger partial charge in [-0.25, -0.2) is 4.98 Å². The van der Waals surface area contributed by atoms with Gasteiger partial charge in [0.05, 0.1) is 11.0 Å². The molecule has 1 atom stereocenters. The van der Waals surface area contributed by atoms with Crippen LogP contribution in [-0.2, 0) is 0 Å². The molecule has 0 fully saturated rings. The number of rotatable bonds is 2. The van der Waals surface area contributed by atoms with Crippen LogP contribution in [0.1, 0.15) is 32.0 Å². The van der Waals surface area contributed by atoms with Crippen molar-refractivity contribution >= 4 is 21.8 Å². The van der Waals surface area contributed by atoms with E-state index in [1.807, 2.05) is 0 Å². The Kier molecular flexibility index (Phi) is 2.36. The lowest BCUT2D eigenvalue weighted by Crippen LogP contribution is -1.92. The van der Waals surface area contributed by atoms with Crippen molar-refractivity contribution in [3.63, 3.8) is 0 Å².